The van der Waals surface area contributed by atoms with E-state index in [2.05, 4.69) is 10.3 Å². The van der Waals surface area contributed by atoms with Crippen molar-refractivity contribution in [3.63, 3.8) is 0 Å². The van der Waals surface area contributed by atoms with Crippen LogP contribution in [0.25, 0.3) is 21.6 Å². The molecule has 0 amide bonds. The van der Waals surface area contributed by atoms with Crippen molar-refractivity contribution in [1.82, 2.24) is 15.0 Å². The number of aryl methyl sites for hydroxylation is 1. The van der Waals surface area contributed by atoms with Crippen molar-refractivity contribution in [2.45, 2.75) is 13.5 Å². The minimum absolute atomic E-state index is 0.565. The number of ether oxygens (including phenoxy) is 2. The summed E-state index contributed by atoms with van der Waals surface area (Å²) in [4.78, 5) is 15.4. The highest BCUT2D eigenvalue weighted by atomic mass is 35.5. The Morgan fingerprint density at radius 3 is 2.69 bits per heavy atom. The number of benzene rings is 1. The number of rotatable bonds is 4. The minimum Gasteiger partial charge on any atom is -0.486 e. The van der Waals surface area contributed by atoms with Gasteiger partial charge in [0.1, 0.15) is 23.9 Å². The third-order valence-electron chi connectivity index (χ3n) is 4.66. The average Bonchev–Trinajstić information content (AvgIpc) is 3.06. The molecule has 4 aromatic rings. The van der Waals surface area contributed by atoms with Gasteiger partial charge in [0.2, 0.25) is 0 Å². The molecule has 3 aromatic heterocycles. The summed E-state index contributed by atoms with van der Waals surface area (Å²) >= 11 is 8.13. The van der Waals surface area contributed by atoms with E-state index in [1.807, 2.05) is 37.3 Å². The number of anilines is 1. The van der Waals surface area contributed by atoms with Crippen molar-refractivity contribution in [3.8, 4) is 22.9 Å². The van der Waals surface area contributed by atoms with Crippen LogP contribution >= 0.6 is 22.9 Å². The summed E-state index contributed by atoms with van der Waals surface area (Å²) in [6.45, 7) is 3.71. The van der Waals surface area contributed by atoms with Crippen LogP contribution in [0.1, 0.15) is 10.4 Å². The van der Waals surface area contributed by atoms with Gasteiger partial charge in [-0.3, -0.25) is 4.98 Å². The standard InChI is InChI=1S/C21H17ClN4O2S/c1-12-18(22)17-20(24-11-13-2-3-15-16(10-13)28-9-8-27-15)25-19(26-21(17)29-12)14-4-6-23-7-5-14/h2-7,10H,8-9,11H2,1H3,(H,24,25,26). The lowest BCUT2D eigenvalue weighted by Gasteiger charge is -2.19. The van der Waals surface area contributed by atoms with E-state index in [9.17, 15) is 0 Å². The number of fused-ring (bicyclic) bond motifs is 2. The largest absolute Gasteiger partial charge is 0.486 e. The fourth-order valence-corrected chi connectivity index (χ4v) is 4.48. The van der Waals surface area contributed by atoms with Gasteiger partial charge in [-0.05, 0) is 36.8 Å². The monoisotopic (exact) mass is 424 g/mol. The van der Waals surface area contributed by atoms with Crippen molar-refractivity contribution in [3.05, 3.63) is 58.2 Å². The second-order valence-corrected chi connectivity index (χ2v) is 8.20. The smallest absolute Gasteiger partial charge is 0.163 e. The summed E-state index contributed by atoms with van der Waals surface area (Å²) in [7, 11) is 0. The summed E-state index contributed by atoms with van der Waals surface area (Å²) in [6.07, 6.45) is 3.47. The molecule has 6 nitrogen and oxygen atoms in total. The zero-order chi connectivity index (χ0) is 19.8. The molecular weight excluding hydrogens is 408 g/mol. The van der Waals surface area contributed by atoms with Crippen molar-refractivity contribution in [1.29, 1.82) is 0 Å². The zero-order valence-corrected chi connectivity index (χ0v) is 17.2. The lowest BCUT2D eigenvalue weighted by Crippen LogP contribution is -2.15. The van der Waals surface area contributed by atoms with Crippen LogP contribution in [-0.4, -0.2) is 28.2 Å². The van der Waals surface area contributed by atoms with Gasteiger partial charge in [0.25, 0.3) is 0 Å². The van der Waals surface area contributed by atoms with Gasteiger partial charge in [-0.1, -0.05) is 17.7 Å². The molecule has 0 spiro atoms. The predicted octanol–water partition coefficient (Wildman–Crippen LogP) is 5.10. The first-order chi connectivity index (χ1) is 14.2. The molecule has 0 radical (unpaired) electrons. The number of hydrogen-bond donors (Lipinski definition) is 1. The molecule has 1 N–H and O–H groups in total. The van der Waals surface area contributed by atoms with Crippen LogP contribution in [0.15, 0.2) is 42.7 Å². The molecule has 0 saturated carbocycles. The van der Waals surface area contributed by atoms with E-state index >= 15 is 0 Å². The van der Waals surface area contributed by atoms with Gasteiger partial charge < -0.3 is 14.8 Å². The summed E-state index contributed by atoms with van der Waals surface area (Å²) < 4.78 is 11.3. The highest BCUT2D eigenvalue weighted by Crippen LogP contribution is 2.39. The van der Waals surface area contributed by atoms with Crippen molar-refractivity contribution >= 4 is 39.0 Å². The van der Waals surface area contributed by atoms with Crippen LogP contribution < -0.4 is 14.8 Å². The maximum Gasteiger partial charge on any atom is 0.163 e. The van der Waals surface area contributed by atoms with Crippen molar-refractivity contribution < 1.29 is 9.47 Å². The number of thiophene rings is 1. The van der Waals surface area contributed by atoms with Crippen molar-refractivity contribution in [2.75, 3.05) is 18.5 Å². The molecule has 1 aromatic carbocycles. The summed E-state index contributed by atoms with van der Waals surface area (Å²) in [5.41, 5.74) is 1.97. The molecule has 146 valence electrons. The van der Waals surface area contributed by atoms with Crippen molar-refractivity contribution in [2.24, 2.45) is 0 Å². The molecule has 1 aliphatic heterocycles. The predicted molar refractivity (Wildman–Crippen MR) is 115 cm³/mol. The summed E-state index contributed by atoms with van der Waals surface area (Å²) in [5.74, 6) is 2.90. The molecule has 1 aliphatic rings. The van der Waals surface area contributed by atoms with Gasteiger partial charge in [0.15, 0.2) is 17.3 Å². The Morgan fingerprint density at radius 2 is 1.86 bits per heavy atom. The van der Waals surface area contributed by atoms with E-state index in [0.29, 0.717) is 36.4 Å². The second kappa shape index (κ2) is 7.50. The van der Waals surface area contributed by atoms with Gasteiger partial charge in [0.05, 0.1) is 10.4 Å². The van der Waals surface area contributed by atoms with Gasteiger partial charge in [-0.2, -0.15) is 0 Å². The second-order valence-electron chi connectivity index (χ2n) is 6.62. The Labute approximate surface area is 176 Å². The number of nitrogens with zero attached hydrogens (tertiary/aromatic N) is 3. The molecule has 5 rings (SSSR count). The third-order valence-corrected chi connectivity index (χ3v) is 6.24. The first-order valence-corrected chi connectivity index (χ1v) is 10.4. The molecule has 0 unspecified atom stereocenters. The van der Waals surface area contributed by atoms with Gasteiger partial charge in [0, 0.05) is 29.4 Å². The molecule has 0 saturated heterocycles. The van der Waals surface area contributed by atoms with Crippen LogP contribution in [0.2, 0.25) is 5.02 Å². The quantitative estimate of drug-likeness (QED) is 0.491. The van der Waals surface area contributed by atoms with Crippen LogP contribution in [0, 0.1) is 6.92 Å². The molecule has 4 heterocycles. The molecule has 8 heteroatoms. The number of aromatic nitrogens is 3. The molecule has 0 bridgehead atoms. The Hall–Kier alpha value is -2.90. The van der Waals surface area contributed by atoms with E-state index in [1.54, 1.807) is 23.7 Å². The van der Waals surface area contributed by atoms with E-state index in [4.69, 9.17) is 31.0 Å². The van der Waals surface area contributed by atoms with Crippen LogP contribution in [0.3, 0.4) is 0 Å². The number of pyridine rings is 1. The highest BCUT2D eigenvalue weighted by Gasteiger charge is 2.17. The van der Waals surface area contributed by atoms with E-state index in [-0.39, 0.29) is 0 Å². The molecule has 29 heavy (non-hydrogen) atoms. The normalized spacial score (nSPS) is 12.9. The fraction of sp³-hybridized carbons (Fsp3) is 0.190. The lowest BCUT2D eigenvalue weighted by atomic mass is 10.2. The van der Waals surface area contributed by atoms with Gasteiger partial charge in [-0.15, -0.1) is 11.3 Å². The minimum atomic E-state index is 0.565. The Kier molecular flexibility index (Phi) is 4.69. The van der Waals surface area contributed by atoms with Crippen LogP contribution in [-0.2, 0) is 6.54 Å². The SMILES string of the molecule is Cc1sc2nc(-c3ccncc3)nc(NCc3ccc4c(c3)OCCO4)c2c1Cl. The average molecular weight is 425 g/mol. The first kappa shape index (κ1) is 18.1. The van der Waals surface area contributed by atoms with E-state index < -0.39 is 0 Å². The third kappa shape index (κ3) is 3.47. The maximum atomic E-state index is 6.57. The first-order valence-electron chi connectivity index (χ1n) is 9.18. The van der Waals surface area contributed by atoms with E-state index in [1.165, 1.54) is 0 Å². The number of halogens is 1. The topological polar surface area (TPSA) is 69.2 Å². The molecular formula is C21H17ClN4O2S. The van der Waals surface area contributed by atoms with Gasteiger partial charge >= 0.3 is 0 Å². The molecule has 0 aliphatic carbocycles. The number of hydrogen-bond acceptors (Lipinski definition) is 7. The Morgan fingerprint density at radius 1 is 1.07 bits per heavy atom. The molecule has 0 atom stereocenters. The summed E-state index contributed by atoms with van der Waals surface area (Å²) in [5, 5.41) is 4.98. The van der Waals surface area contributed by atoms with Gasteiger partial charge in [-0.25, -0.2) is 9.97 Å². The Balaban J connectivity index is 1.51. The fourth-order valence-electron chi connectivity index (χ4n) is 3.22. The van der Waals surface area contributed by atoms with E-state index in [0.717, 1.165) is 37.7 Å². The lowest BCUT2D eigenvalue weighted by molar-refractivity contribution is 0.171. The maximum absolute atomic E-state index is 6.57. The van der Waals surface area contributed by atoms with Crippen LogP contribution in [0.4, 0.5) is 5.82 Å². The van der Waals surface area contributed by atoms with Crippen LogP contribution in [0.5, 0.6) is 11.5 Å². The number of nitrogens with one attached hydrogen (secondary N) is 1. The Bertz CT molecular complexity index is 1200. The zero-order valence-electron chi connectivity index (χ0n) is 15.6. The molecule has 0 fully saturated rings. The highest BCUT2D eigenvalue weighted by molar-refractivity contribution is 7.19. The summed E-state index contributed by atoms with van der Waals surface area (Å²) in [6, 6.07) is 9.74.